The topological polar surface area (TPSA) is 39.4 Å². The van der Waals surface area contributed by atoms with E-state index in [9.17, 15) is 0 Å². The van der Waals surface area contributed by atoms with E-state index in [1.165, 1.54) is 27.7 Å². The molecule has 1 heterocycles. The van der Waals surface area contributed by atoms with Crippen LogP contribution in [0.1, 0.15) is 17.5 Å². The normalized spacial score (nSPS) is 10.9. The van der Waals surface area contributed by atoms with Crippen LogP contribution in [-0.2, 0) is 7.05 Å². The zero-order valence-corrected chi connectivity index (χ0v) is 18.8. The van der Waals surface area contributed by atoms with Crippen molar-refractivity contribution in [2.24, 2.45) is 7.05 Å². The molecule has 0 saturated carbocycles. The number of nitrogens with one attached hydrogen (secondary N) is 1. The molecule has 3 rings (SSSR count). The van der Waals surface area contributed by atoms with E-state index in [0.717, 1.165) is 18.8 Å². The van der Waals surface area contributed by atoms with Gasteiger partial charge in [-0.1, -0.05) is 42.5 Å². The van der Waals surface area contributed by atoms with Crippen LogP contribution >= 0.6 is 0 Å². The maximum atomic E-state index is 9.04. The van der Waals surface area contributed by atoms with Gasteiger partial charge in [0.2, 0.25) is 0 Å². The largest absolute Gasteiger partial charge is 1.00 e. The van der Waals surface area contributed by atoms with Crippen LogP contribution in [0.2, 0.25) is 0 Å². The Morgan fingerprint density at radius 2 is 1.75 bits per heavy atom. The molecule has 3 aromatic rings. The molecular formula is C23H28IN3O. The summed E-state index contributed by atoms with van der Waals surface area (Å²) in [5.41, 5.74) is 4.72. The van der Waals surface area contributed by atoms with Crippen LogP contribution in [0.15, 0.2) is 54.6 Å². The van der Waals surface area contributed by atoms with E-state index < -0.39 is 0 Å². The number of aryl methyl sites for hydroxylation is 1. The molecule has 5 heteroatoms. The van der Waals surface area contributed by atoms with Crippen molar-refractivity contribution in [3.63, 3.8) is 0 Å². The number of halogens is 1. The number of aliphatic hydroxyl groups excluding tert-OH is 1. The smallest absolute Gasteiger partial charge is 0.275 e. The van der Waals surface area contributed by atoms with Gasteiger partial charge in [-0.05, 0) is 29.3 Å². The third-order valence-electron chi connectivity index (χ3n) is 4.74. The number of nitrogens with zero attached hydrogens (tertiary/aromatic N) is 2. The van der Waals surface area contributed by atoms with Gasteiger partial charge in [-0.25, -0.2) is 4.57 Å². The molecule has 0 spiro atoms. The van der Waals surface area contributed by atoms with Crippen LogP contribution in [0, 0.1) is 0 Å². The lowest BCUT2D eigenvalue weighted by Crippen LogP contribution is -3.00. The molecule has 0 atom stereocenters. The summed E-state index contributed by atoms with van der Waals surface area (Å²) in [5, 5.41) is 13.7. The molecule has 0 radical (unpaired) electrons. The predicted octanol–water partition coefficient (Wildman–Crippen LogP) is 0.699. The SMILES string of the molecule is CN(C)c1ccc(/C=C/c2cc(NCCCO)[n+](C)c3ccccc23)cc1.[I-]. The summed E-state index contributed by atoms with van der Waals surface area (Å²) < 4.78 is 2.16. The van der Waals surface area contributed by atoms with Crippen LogP contribution in [0.25, 0.3) is 23.1 Å². The average Bonchev–Trinajstić information content (AvgIpc) is 2.69. The number of hydrogen-bond acceptors (Lipinski definition) is 3. The quantitative estimate of drug-likeness (QED) is 0.292. The fraction of sp³-hybridized carbons (Fsp3) is 0.261. The number of pyridine rings is 1. The summed E-state index contributed by atoms with van der Waals surface area (Å²) in [5.74, 6) is 1.05. The molecular weight excluding hydrogens is 461 g/mol. The zero-order chi connectivity index (χ0) is 19.2. The van der Waals surface area contributed by atoms with Crippen molar-refractivity contribution in [3.8, 4) is 0 Å². The molecule has 0 saturated heterocycles. The van der Waals surface area contributed by atoms with Crippen molar-refractivity contribution in [1.29, 1.82) is 0 Å². The molecule has 0 fully saturated rings. The Hall–Kier alpha value is -2.12. The second-order valence-electron chi connectivity index (χ2n) is 6.88. The van der Waals surface area contributed by atoms with Crippen molar-refractivity contribution in [1.82, 2.24) is 0 Å². The number of anilines is 2. The van der Waals surface area contributed by atoms with Gasteiger partial charge < -0.3 is 34.0 Å². The Morgan fingerprint density at radius 1 is 1.04 bits per heavy atom. The lowest BCUT2D eigenvalue weighted by atomic mass is 10.1. The summed E-state index contributed by atoms with van der Waals surface area (Å²) >= 11 is 0. The first-order valence-corrected chi connectivity index (χ1v) is 9.32. The Bertz CT molecular complexity index is 936. The van der Waals surface area contributed by atoms with Crippen molar-refractivity contribution >= 4 is 34.6 Å². The van der Waals surface area contributed by atoms with Crippen LogP contribution < -0.4 is 38.8 Å². The number of aromatic nitrogens is 1. The number of aliphatic hydroxyl groups is 1. The standard InChI is InChI=1S/C23H27N3O.HI/c1-25(2)20-13-10-18(11-14-20)9-12-19-17-23(24-15-6-16-27)26(3)22-8-5-4-7-21(19)22;/h4-5,7-14,17,27H,6,15-16H2,1-3H3;1H/b12-9+;. The number of para-hydroxylation sites is 1. The van der Waals surface area contributed by atoms with Gasteiger partial charge in [-0.2, -0.15) is 0 Å². The van der Waals surface area contributed by atoms with Crippen LogP contribution in [0.5, 0.6) is 0 Å². The molecule has 28 heavy (non-hydrogen) atoms. The van der Waals surface area contributed by atoms with Crippen molar-refractivity contribution in [2.45, 2.75) is 6.42 Å². The van der Waals surface area contributed by atoms with Crippen LogP contribution in [0.3, 0.4) is 0 Å². The average molecular weight is 489 g/mol. The van der Waals surface area contributed by atoms with E-state index in [1.807, 2.05) is 14.1 Å². The lowest BCUT2D eigenvalue weighted by molar-refractivity contribution is -0.630. The summed E-state index contributed by atoms with van der Waals surface area (Å²) in [4.78, 5) is 2.10. The summed E-state index contributed by atoms with van der Waals surface area (Å²) in [6, 6.07) is 19.1. The first kappa shape index (κ1) is 22.2. The second kappa shape index (κ2) is 10.4. The number of hydrogen-bond donors (Lipinski definition) is 2. The number of benzene rings is 2. The molecule has 2 N–H and O–H groups in total. The van der Waals surface area contributed by atoms with E-state index in [-0.39, 0.29) is 30.6 Å². The van der Waals surface area contributed by atoms with Crippen molar-refractivity contribution in [2.75, 3.05) is 37.5 Å². The van der Waals surface area contributed by atoms with Gasteiger partial charge in [0.05, 0.1) is 13.6 Å². The monoisotopic (exact) mass is 489 g/mol. The fourth-order valence-corrected chi connectivity index (χ4v) is 3.13. The molecule has 148 valence electrons. The molecule has 0 unspecified atom stereocenters. The summed E-state index contributed by atoms with van der Waals surface area (Å²) in [6.07, 6.45) is 5.05. The Balaban J connectivity index is 0.00000280. The highest BCUT2D eigenvalue weighted by atomic mass is 127. The molecule has 0 aliphatic rings. The summed E-state index contributed by atoms with van der Waals surface area (Å²) in [6.45, 7) is 0.942. The van der Waals surface area contributed by atoms with Crippen molar-refractivity contribution < 1.29 is 33.7 Å². The van der Waals surface area contributed by atoms with Gasteiger partial charge >= 0.3 is 0 Å². The van der Waals surface area contributed by atoms with Gasteiger partial charge in [0, 0.05) is 44.3 Å². The zero-order valence-electron chi connectivity index (χ0n) is 16.7. The molecule has 0 amide bonds. The first-order chi connectivity index (χ1) is 13.1. The van der Waals surface area contributed by atoms with Gasteiger partial charge in [0.1, 0.15) is 5.52 Å². The maximum absolute atomic E-state index is 9.04. The molecule has 0 aliphatic heterocycles. The van der Waals surface area contributed by atoms with Crippen molar-refractivity contribution in [3.05, 3.63) is 65.7 Å². The predicted molar refractivity (Wildman–Crippen MR) is 115 cm³/mol. The highest BCUT2D eigenvalue weighted by Gasteiger charge is 2.12. The van der Waals surface area contributed by atoms with E-state index in [0.29, 0.717) is 0 Å². The Kier molecular flexibility index (Phi) is 8.26. The minimum Gasteiger partial charge on any atom is -1.00 e. The lowest BCUT2D eigenvalue weighted by Gasteiger charge is -2.12. The highest BCUT2D eigenvalue weighted by molar-refractivity contribution is 5.90. The minimum atomic E-state index is 0. The van der Waals surface area contributed by atoms with E-state index in [2.05, 4.69) is 88.6 Å². The molecule has 0 aliphatic carbocycles. The van der Waals surface area contributed by atoms with E-state index in [1.54, 1.807) is 0 Å². The van der Waals surface area contributed by atoms with Gasteiger partial charge in [-0.15, -0.1) is 0 Å². The number of fused-ring (bicyclic) bond motifs is 1. The Labute approximate surface area is 184 Å². The molecule has 2 aromatic carbocycles. The van der Waals surface area contributed by atoms with Gasteiger partial charge in [-0.3, -0.25) is 5.32 Å². The first-order valence-electron chi connectivity index (χ1n) is 9.32. The number of rotatable bonds is 7. The van der Waals surface area contributed by atoms with E-state index >= 15 is 0 Å². The molecule has 0 bridgehead atoms. The molecule has 4 nitrogen and oxygen atoms in total. The maximum Gasteiger partial charge on any atom is 0.275 e. The van der Waals surface area contributed by atoms with Crippen LogP contribution in [-0.4, -0.2) is 32.4 Å². The third-order valence-corrected chi connectivity index (χ3v) is 4.74. The highest BCUT2D eigenvalue weighted by Crippen LogP contribution is 2.22. The second-order valence-corrected chi connectivity index (χ2v) is 6.88. The van der Waals surface area contributed by atoms with Gasteiger partial charge in [0.15, 0.2) is 0 Å². The fourth-order valence-electron chi connectivity index (χ4n) is 3.13. The minimum absolute atomic E-state index is 0. The van der Waals surface area contributed by atoms with E-state index in [4.69, 9.17) is 5.11 Å². The Morgan fingerprint density at radius 3 is 2.43 bits per heavy atom. The summed E-state index contributed by atoms with van der Waals surface area (Å²) in [7, 11) is 6.16. The third kappa shape index (κ3) is 5.23. The van der Waals surface area contributed by atoms with Crippen LogP contribution in [0.4, 0.5) is 11.5 Å². The van der Waals surface area contributed by atoms with Gasteiger partial charge in [0.25, 0.3) is 5.82 Å². The molecule has 1 aromatic heterocycles.